The molecule has 17 heavy (non-hydrogen) atoms. The van der Waals surface area contributed by atoms with E-state index >= 15 is 0 Å². The third-order valence-electron chi connectivity index (χ3n) is 2.22. The van der Waals surface area contributed by atoms with Crippen LogP contribution in [0.1, 0.15) is 13.3 Å². The Balaban J connectivity index is 3.79. The van der Waals surface area contributed by atoms with Crippen molar-refractivity contribution in [1.82, 2.24) is 10.6 Å². The molecule has 0 aliphatic heterocycles. The molecule has 1 atom stereocenters. The van der Waals surface area contributed by atoms with E-state index in [2.05, 4.69) is 20.4 Å². The lowest BCUT2D eigenvalue weighted by atomic mass is 10.2. The van der Waals surface area contributed by atoms with Crippen molar-refractivity contribution in [3.8, 4) is 0 Å². The van der Waals surface area contributed by atoms with Gasteiger partial charge in [0.2, 0.25) is 0 Å². The van der Waals surface area contributed by atoms with E-state index in [0.29, 0.717) is 19.1 Å². The van der Waals surface area contributed by atoms with E-state index < -0.39 is 0 Å². The van der Waals surface area contributed by atoms with Crippen LogP contribution in [0, 0.1) is 5.92 Å². The van der Waals surface area contributed by atoms with Crippen LogP contribution < -0.4 is 10.6 Å². The summed E-state index contributed by atoms with van der Waals surface area (Å²) in [4.78, 5) is 15.2. The maximum absolute atomic E-state index is 11.2. The molecule has 0 aromatic heterocycles. The molecule has 6 nitrogen and oxygen atoms in total. The number of guanidine groups is 1. The Kier molecular flexibility index (Phi) is 9.14. The fourth-order valence-corrected chi connectivity index (χ4v) is 1.18. The number of carbonyl (C=O) groups is 1. The van der Waals surface area contributed by atoms with Crippen LogP contribution in [0.2, 0.25) is 0 Å². The van der Waals surface area contributed by atoms with Crippen molar-refractivity contribution >= 4 is 11.9 Å². The second kappa shape index (κ2) is 9.89. The van der Waals surface area contributed by atoms with Crippen molar-refractivity contribution < 1.29 is 14.3 Å². The summed E-state index contributed by atoms with van der Waals surface area (Å²) in [5, 5.41) is 6.18. The zero-order chi connectivity index (χ0) is 13.1. The smallest absolute Gasteiger partial charge is 0.310 e. The first-order chi connectivity index (χ1) is 8.15. The van der Waals surface area contributed by atoms with Crippen molar-refractivity contribution in [2.45, 2.75) is 13.3 Å². The van der Waals surface area contributed by atoms with Crippen LogP contribution in [0.3, 0.4) is 0 Å². The number of hydrogen-bond donors (Lipinski definition) is 2. The van der Waals surface area contributed by atoms with E-state index in [1.807, 2.05) is 0 Å². The average Bonchev–Trinajstić information content (AvgIpc) is 2.36. The lowest BCUT2D eigenvalue weighted by molar-refractivity contribution is -0.144. The fraction of sp³-hybridized carbons (Fsp3) is 0.818. The SMILES string of the molecule is CN=C(NCCCOC)NCC(C)C(=O)OC. The Labute approximate surface area is 103 Å². The van der Waals surface area contributed by atoms with Gasteiger partial charge >= 0.3 is 5.97 Å². The standard InChI is InChI=1S/C11H23N3O3/c1-9(10(15)17-4)8-14-11(12-2)13-6-5-7-16-3/h9H,5-8H2,1-4H3,(H2,12,13,14). The van der Waals surface area contributed by atoms with Crippen LogP contribution >= 0.6 is 0 Å². The number of esters is 1. The largest absolute Gasteiger partial charge is 0.469 e. The van der Waals surface area contributed by atoms with E-state index in [1.165, 1.54) is 7.11 Å². The molecule has 0 aromatic rings. The number of nitrogens with zero attached hydrogens (tertiary/aromatic N) is 1. The van der Waals surface area contributed by atoms with Crippen LogP contribution in [-0.2, 0) is 14.3 Å². The zero-order valence-electron chi connectivity index (χ0n) is 11.1. The van der Waals surface area contributed by atoms with Gasteiger partial charge in [0.15, 0.2) is 5.96 Å². The Morgan fingerprint density at radius 1 is 1.35 bits per heavy atom. The van der Waals surface area contributed by atoms with Gasteiger partial charge in [0.05, 0.1) is 13.0 Å². The summed E-state index contributed by atoms with van der Waals surface area (Å²) >= 11 is 0. The lowest BCUT2D eigenvalue weighted by Crippen LogP contribution is -2.41. The predicted octanol–water partition coefficient (Wildman–Crippen LogP) is -0.00300. The van der Waals surface area contributed by atoms with Crippen molar-refractivity contribution in [3.05, 3.63) is 0 Å². The second-order valence-electron chi connectivity index (χ2n) is 3.65. The van der Waals surface area contributed by atoms with Gasteiger partial charge in [-0.25, -0.2) is 0 Å². The van der Waals surface area contributed by atoms with E-state index in [1.54, 1.807) is 21.1 Å². The summed E-state index contributed by atoms with van der Waals surface area (Å²) in [6, 6.07) is 0. The predicted molar refractivity (Wildman–Crippen MR) is 67.0 cm³/mol. The first kappa shape index (κ1) is 15.7. The topological polar surface area (TPSA) is 72.0 Å². The molecule has 0 radical (unpaired) electrons. The molecule has 0 fully saturated rings. The molecule has 0 heterocycles. The summed E-state index contributed by atoms with van der Waals surface area (Å²) < 4.78 is 9.58. The minimum Gasteiger partial charge on any atom is -0.469 e. The fourth-order valence-electron chi connectivity index (χ4n) is 1.18. The zero-order valence-corrected chi connectivity index (χ0v) is 11.1. The van der Waals surface area contributed by atoms with Gasteiger partial charge in [0, 0.05) is 33.9 Å². The normalized spacial score (nSPS) is 13.1. The molecule has 0 rings (SSSR count). The highest BCUT2D eigenvalue weighted by molar-refractivity contribution is 5.80. The van der Waals surface area contributed by atoms with E-state index in [9.17, 15) is 4.79 Å². The quantitative estimate of drug-likeness (QED) is 0.286. The third-order valence-corrected chi connectivity index (χ3v) is 2.22. The molecule has 0 spiro atoms. The highest BCUT2D eigenvalue weighted by Gasteiger charge is 2.12. The van der Waals surface area contributed by atoms with E-state index in [0.717, 1.165) is 13.0 Å². The van der Waals surface area contributed by atoms with E-state index in [-0.39, 0.29) is 11.9 Å². The Morgan fingerprint density at radius 3 is 2.59 bits per heavy atom. The van der Waals surface area contributed by atoms with Gasteiger partial charge in [0.25, 0.3) is 0 Å². The maximum atomic E-state index is 11.2. The Hall–Kier alpha value is -1.30. The first-order valence-corrected chi connectivity index (χ1v) is 5.67. The second-order valence-corrected chi connectivity index (χ2v) is 3.65. The molecule has 6 heteroatoms. The van der Waals surface area contributed by atoms with Gasteiger partial charge < -0.3 is 20.1 Å². The molecular formula is C11H23N3O3. The number of rotatable bonds is 7. The minimum absolute atomic E-state index is 0.197. The van der Waals surface area contributed by atoms with Crippen LogP contribution in [-0.4, -0.2) is 52.9 Å². The number of hydrogen-bond acceptors (Lipinski definition) is 4. The maximum Gasteiger partial charge on any atom is 0.310 e. The van der Waals surface area contributed by atoms with Gasteiger partial charge in [-0.2, -0.15) is 0 Å². The average molecular weight is 245 g/mol. The molecule has 0 aromatic carbocycles. The number of aliphatic imine (C=N–C) groups is 1. The summed E-state index contributed by atoms with van der Waals surface area (Å²) in [7, 11) is 4.75. The number of methoxy groups -OCH3 is 2. The summed E-state index contributed by atoms with van der Waals surface area (Å²) in [6.45, 7) is 3.79. The van der Waals surface area contributed by atoms with Crippen LogP contribution in [0.15, 0.2) is 4.99 Å². The van der Waals surface area contributed by atoms with Gasteiger partial charge in [-0.05, 0) is 6.42 Å². The molecule has 0 aliphatic rings. The highest BCUT2D eigenvalue weighted by Crippen LogP contribution is 1.94. The van der Waals surface area contributed by atoms with Crippen molar-refractivity contribution in [1.29, 1.82) is 0 Å². The van der Waals surface area contributed by atoms with Crippen molar-refractivity contribution in [2.24, 2.45) is 10.9 Å². The Bertz CT molecular complexity index is 244. The minimum atomic E-state index is -0.229. The van der Waals surface area contributed by atoms with Gasteiger partial charge in [-0.15, -0.1) is 0 Å². The van der Waals surface area contributed by atoms with Crippen molar-refractivity contribution in [3.63, 3.8) is 0 Å². The number of carbonyl (C=O) groups excluding carboxylic acids is 1. The molecule has 0 saturated carbocycles. The molecule has 0 saturated heterocycles. The number of ether oxygens (including phenoxy) is 2. The van der Waals surface area contributed by atoms with Crippen molar-refractivity contribution in [2.75, 3.05) is 41.0 Å². The van der Waals surface area contributed by atoms with E-state index in [4.69, 9.17) is 4.74 Å². The molecule has 0 bridgehead atoms. The van der Waals surface area contributed by atoms with Crippen LogP contribution in [0.4, 0.5) is 0 Å². The summed E-state index contributed by atoms with van der Waals surface area (Å²) in [5.74, 6) is 0.252. The molecular weight excluding hydrogens is 222 g/mol. The van der Waals surface area contributed by atoms with Gasteiger partial charge in [0.1, 0.15) is 0 Å². The Morgan fingerprint density at radius 2 is 2.06 bits per heavy atom. The lowest BCUT2D eigenvalue weighted by Gasteiger charge is -2.14. The monoisotopic (exact) mass is 245 g/mol. The summed E-state index contributed by atoms with van der Waals surface area (Å²) in [5.41, 5.74) is 0. The van der Waals surface area contributed by atoms with Crippen LogP contribution in [0.25, 0.3) is 0 Å². The molecule has 100 valence electrons. The molecule has 2 N–H and O–H groups in total. The molecule has 0 aliphatic carbocycles. The first-order valence-electron chi connectivity index (χ1n) is 5.67. The number of nitrogens with one attached hydrogen (secondary N) is 2. The van der Waals surface area contributed by atoms with Gasteiger partial charge in [-0.1, -0.05) is 6.92 Å². The molecule has 1 unspecified atom stereocenters. The third kappa shape index (κ3) is 7.57. The van der Waals surface area contributed by atoms with Gasteiger partial charge in [-0.3, -0.25) is 9.79 Å². The highest BCUT2D eigenvalue weighted by atomic mass is 16.5. The summed E-state index contributed by atoms with van der Waals surface area (Å²) in [6.07, 6.45) is 0.907. The van der Waals surface area contributed by atoms with Crippen LogP contribution in [0.5, 0.6) is 0 Å². The molecule has 0 amide bonds.